The van der Waals surface area contributed by atoms with Gasteiger partial charge in [-0.25, -0.2) is 9.31 Å². The Morgan fingerprint density at radius 3 is 3.04 bits per heavy atom. The summed E-state index contributed by atoms with van der Waals surface area (Å²) in [5.41, 5.74) is 2.28. The molecule has 3 rings (SSSR count). The van der Waals surface area contributed by atoms with Gasteiger partial charge in [0.15, 0.2) is 0 Å². The highest BCUT2D eigenvalue weighted by molar-refractivity contribution is 9.10. The number of hydrogen-bond donors (Lipinski definition) is 2. The Kier molecular flexibility index (Phi) is 4.39. The Labute approximate surface area is 141 Å². The molecule has 0 radical (unpaired) electrons. The second-order valence-corrected chi connectivity index (χ2v) is 6.49. The van der Waals surface area contributed by atoms with Gasteiger partial charge < -0.3 is 15.3 Å². The third-order valence-corrected chi connectivity index (χ3v) is 4.51. The van der Waals surface area contributed by atoms with Gasteiger partial charge in [0.25, 0.3) is 0 Å². The Morgan fingerprint density at radius 2 is 2.30 bits per heavy atom. The molecule has 1 atom stereocenters. The first-order chi connectivity index (χ1) is 11.1. The molecule has 2 aromatic rings. The molecule has 1 aliphatic rings. The van der Waals surface area contributed by atoms with Crippen molar-refractivity contribution in [3.8, 4) is 6.07 Å². The summed E-state index contributed by atoms with van der Waals surface area (Å²) in [5.74, 6) is 0. The minimum atomic E-state index is -0.976. The van der Waals surface area contributed by atoms with Gasteiger partial charge in [0.05, 0.1) is 17.4 Å². The third kappa shape index (κ3) is 3.24. The first kappa shape index (κ1) is 15.6. The highest BCUT2D eigenvalue weighted by atomic mass is 79.9. The monoisotopic (exact) mass is 377 g/mol. The van der Waals surface area contributed by atoms with Gasteiger partial charge in [-0.15, -0.1) is 0 Å². The number of nitrogens with one attached hydrogen (secondary N) is 1. The fraction of sp³-hybridized carbons (Fsp3) is 0.400. The van der Waals surface area contributed by atoms with Crippen molar-refractivity contribution in [2.45, 2.75) is 25.3 Å². The zero-order valence-electron chi connectivity index (χ0n) is 12.4. The van der Waals surface area contributed by atoms with Crippen molar-refractivity contribution in [1.29, 1.82) is 5.26 Å². The number of halogens is 1. The van der Waals surface area contributed by atoms with E-state index >= 15 is 0 Å². The average Bonchev–Trinajstić information content (AvgIpc) is 2.77. The van der Waals surface area contributed by atoms with E-state index in [0.29, 0.717) is 5.56 Å². The van der Waals surface area contributed by atoms with Crippen LogP contribution in [0.1, 0.15) is 24.8 Å². The molecular formula is C15H16BrN5O2. The van der Waals surface area contributed by atoms with E-state index in [0.717, 1.165) is 48.0 Å². The molecule has 0 saturated carbocycles. The molecule has 1 aliphatic heterocycles. The van der Waals surface area contributed by atoms with Crippen molar-refractivity contribution in [2.75, 3.05) is 18.0 Å². The molecule has 2 aromatic heterocycles. The van der Waals surface area contributed by atoms with Crippen LogP contribution in [0.4, 0.5) is 10.5 Å². The van der Waals surface area contributed by atoms with Gasteiger partial charge in [0, 0.05) is 29.8 Å². The lowest BCUT2D eigenvalue weighted by Gasteiger charge is -2.24. The minimum absolute atomic E-state index is 0.0268. The van der Waals surface area contributed by atoms with Crippen LogP contribution < -0.4 is 10.2 Å². The maximum absolute atomic E-state index is 10.8. The van der Waals surface area contributed by atoms with Crippen LogP contribution in [0.2, 0.25) is 0 Å². The van der Waals surface area contributed by atoms with Crippen molar-refractivity contribution in [3.05, 3.63) is 28.5 Å². The van der Waals surface area contributed by atoms with Crippen LogP contribution in [-0.4, -0.2) is 39.9 Å². The van der Waals surface area contributed by atoms with Crippen LogP contribution in [0.3, 0.4) is 0 Å². The van der Waals surface area contributed by atoms with Crippen molar-refractivity contribution in [2.24, 2.45) is 0 Å². The Hall–Kier alpha value is -2.27. The predicted molar refractivity (Wildman–Crippen MR) is 88.6 cm³/mol. The number of anilines is 1. The van der Waals surface area contributed by atoms with Crippen molar-refractivity contribution < 1.29 is 9.90 Å². The summed E-state index contributed by atoms with van der Waals surface area (Å²) in [6, 6.07) is 4.15. The maximum atomic E-state index is 10.8. The minimum Gasteiger partial charge on any atom is -0.465 e. The molecule has 2 N–H and O–H groups in total. The molecule has 7 nitrogen and oxygen atoms in total. The number of aromatic nitrogens is 2. The first-order valence-corrected chi connectivity index (χ1v) is 8.19. The van der Waals surface area contributed by atoms with Crippen molar-refractivity contribution in [1.82, 2.24) is 14.9 Å². The number of amides is 1. The molecule has 0 bridgehead atoms. The number of carbonyl (C=O) groups is 1. The molecular weight excluding hydrogens is 362 g/mol. The van der Waals surface area contributed by atoms with Gasteiger partial charge in [-0.05, 0) is 41.3 Å². The fourth-order valence-corrected chi connectivity index (χ4v) is 3.46. The van der Waals surface area contributed by atoms with E-state index in [1.807, 2.05) is 12.3 Å². The lowest BCUT2D eigenvalue weighted by atomic mass is 10.1. The molecule has 120 valence electrons. The van der Waals surface area contributed by atoms with E-state index in [-0.39, 0.29) is 6.04 Å². The summed E-state index contributed by atoms with van der Waals surface area (Å²) < 4.78 is 2.59. The molecule has 3 heterocycles. The fourth-order valence-electron chi connectivity index (χ4n) is 3.05. The number of rotatable bonds is 2. The summed E-state index contributed by atoms with van der Waals surface area (Å²) >= 11 is 3.48. The lowest BCUT2D eigenvalue weighted by molar-refractivity contribution is 0.188. The van der Waals surface area contributed by atoms with Gasteiger partial charge in [-0.1, -0.05) is 0 Å². The quantitative estimate of drug-likeness (QED) is 0.838. The molecule has 0 aliphatic carbocycles. The van der Waals surface area contributed by atoms with Gasteiger partial charge in [0.2, 0.25) is 0 Å². The Balaban J connectivity index is 1.92. The Morgan fingerprint density at radius 1 is 1.48 bits per heavy atom. The average molecular weight is 378 g/mol. The molecule has 0 aromatic carbocycles. The summed E-state index contributed by atoms with van der Waals surface area (Å²) in [5, 5.41) is 25.0. The SMILES string of the molecule is N#Cc1cnn2cc(Br)cc(N3CCCC(NC(=O)O)CC3)c12. The molecule has 1 unspecified atom stereocenters. The highest BCUT2D eigenvalue weighted by Gasteiger charge is 2.21. The van der Waals surface area contributed by atoms with E-state index in [1.54, 1.807) is 10.7 Å². The summed E-state index contributed by atoms with van der Waals surface area (Å²) in [6.45, 7) is 1.55. The maximum Gasteiger partial charge on any atom is 0.404 e. The second kappa shape index (κ2) is 6.46. The van der Waals surface area contributed by atoms with Crippen LogP contribution >= 0.6 is 15.9 Å². The van der Waals surface area contributed by atoms with Gasteiger partial charge in [-0.3, -0.25) is 0 Å². The van der Waals surface area contributed by atoms with Gasteiger partial charge >= 0.3 is 6.09 Å². The Bertz CT molecular complexity index is 782. The summed E-state index contributed by atoms with van der Waals surface area (Å²) in [7, 11) is 0. The van der Waals surface area contributed by atoms with Crippen molar-refractivity contribution in [3.63, 3.8) is 0 Å². The topological polar surface area (TPSA) is 93.7 Å². The van der Waals surface area contributed by atoms with Crippen LogP contribution in [0.25, 0.3) is 5.52 Å². The molecule has 1 fully saturated rings. The largest absolute Gasteiger partial charge is 0.465 e. The van der Waals surface area contributed by atoms with E-state index in [4.69, 9.17) is 5.11 Å². The van der Waals surface area contributed by atoms with Gasteiger partial charge in [0.1, 0.15) is 11.6 Å². The molecule has 0 spiro atoms. The van der Waals surface area contributed by atoms with Crippen LogP contribution in [0.5, 0.6) is 0 Å². The highest BCUT2D eigenvalue weighted by Crippen LogP contribution is 2.30. The zero-order valence-corrected chi connectivity index (χ0v) is 14.0. The molecule has 8 heteroatoms. The van der Waals surface area contributed by atoms with E-state index < -0.39 is 6.09 Å². The smallest absolute Gasteiger partial charge is 0.404 e. The number of hydrogen-bond acceptors (Lipinski definition) is 4. The first-order valence-electron chi connectivity index (χ1n) is 7.40. The molecule has 1 amide bonds. The lowest BCUT2D eigenvalue weighted by Crippen LogP contribution is -2.34. The van der Waals surface area contributed by atoms with E-state index in [2.05, 4.69) is 37.3 Å². The number of nitrogens with zero attached hydrogens (tertiary/aromatic N) is 4. The standard InChI is InChI=1S/C15H16BrN5O2/c16-11-6-13(14-10(7-17)8-18-21(14)9-11)20-4-1-2-12(3-5-20)19-15(22)23/h6,8-9,12,19H,1-5H2,(H,22,23). The van der Waals surface area contributed by atoms with Crippen LogP contribution in [-0.2, 0) is 0 Å². The van der Waals surface area contributed by atoms with Crippen LogP contribution in [0, 0.1) is 11.3 Å². The predicted octanol–water partition coefficient (Wildman–Crippen LogP) is 2.59. The summed E-state index contributed by atoms with van der Waals surface area (Å²) in [4.78, 5) is 13.0. The second-order valence-electron chi connectivity index (χ2n) is 5.57. The number of fused-ring (bicyclic) bond motifs is 1. The van der Waals surface area contributed by atoms with Crippen molar-refractivity contribution >= 4 is 33.2 Å². The van der Waals surface area contributed by atoms with E-state index in [1.165, 1.54) is 0 Å². The number of carboxylic acid groups (broad SMARTS) is 1. The van der Waals surface area contributed by atoms with E-state index in [9.17, 15) is 10.1 Å². The number of nitriles is 1. The number of pyridine rings is 1. The summed E-state index contributed by atoms with van der Waals surface area (Å²) in [6.07, 6.45) is 4.86. The zero-order chi connectivity index (χ0) is 16.4. The third-order valence-electron chi connectivity index (χ3n) is 4.08. The normalized spacial score (nSPS) is 18.4. The van der Waals surface area contributed by atoms with Crippen LogP contribution in [0.15, 0.2) is 22.9 Å². The molecule has 23 heavy (non-hydrogen) atoms. The van der Waals surface area contributed by atoms with Gasteiger partial charge in [-0.2, -0.15) is 10.4 Å². The molecule has 1 saturated heterocycles.